The maximum atomic E-state index is 5.79. The Balaban J connectivity index is 1.75. The SMILES string of the molecule is CCOC1CC(NCC2CCCN2CC)C1(C)C. The third-order valence-corrected chi connectivity index (χ3v) is 5.05. The number of hydrogen-bond acceptors (Lipinski definition) is 3. The Morgan fingerprint density at radius 3 is 2.72 bits per heavy atom. The Morgan fingerprint density at radius 1 is 1.33 bits per heavy atom. The Hall–Kier alpha value is -0.120. The molecule has 1 saturated carbocycles. The molecule has 0 aromatic heterocycles. The molecular weight excluding hydrogens is 224 g/mol. The molecule has 0 spiro atoms. The van der Waals surface area contributed by atoms with Crippen LogP contribution in [0.4, 0.5) is 0 Å². The molecule has 106 valence electrons. The minimum absolute atomic E-state index is 0.297. The maximum absolute atomic E-state index is 5.79. The Morgan fingerprint density at radius 2 is 2.11 bits per heavy atom. The highest BCUT2D eigenvalue weighted by Gasteiger charge is 2.48. The van der Waals surface area contributed by atoms with Crippen molar-refractivity contribution < 1.29 is 4.74 Å². The van der Waals surface area contributed by atoms with E-state index >= 15 is 0 Å². The zero-order chi connectivity index (χ0) is 13.2. The van der Waals surface area contributed by atoms with Crippen LogP contribution in [0.15, 0.2) is 0 Å². The van der Waals surface area contributed by atoms with E-state index in [0.29, 0.717) is 17.6 Å². The van der Waals surface area contributed by atoms with Crippen molar-refractivity contribution in [3.63, 3.8) is 0 Å². The molecule has 3 heteroatoms. The topological polar surface area (TPSA) is 24.5 Å². The number of ether oxygens (including phenoxy) is 1. The minimum atomic E-state index is 0.297. The molecule has 0 amide bonds. The smallest absolute Gasteiger partial charge is 0.0655 e. The van der Waals surface area contributed by atoms with Crippen LogP contribution in [-0.4, -0.2) is 49.3 Å². The van der Waals surface area contributed by atoms with E-state index in [1.165, 1.54) is 32.4 Å². The summed E-state index contributed by atoms with van der Waals surface area (Å²) in [5.74, 6) is 0. The summed E-state index contributed by atoms with van der Waals surface area (Å²) in [4.78, 5) is 2.61. The number of rotatable bonds is 6. The Kier molecular flexibility index (Phi) is 4.68. The monoisotopic (exact) mass is 254 g/mol. The van der Waals surface area contributed by atoms with E-state index in [9.17, 15) is 0 Å². The van der Waals surface area contributed by atoms with Gasteiger partial charge in [-0.05, 0) is 39.3 Å². The standard InChI is InChI=1S/C15H30N2O/c1-5-17-9-7-8-12(17)11-16-13-10-14(18-6-2)15(13,3)4/h12-14,16H,5-11H2,1-4H3. The number of nitrogens with one attached hydrogen (secondary N) is 1. The van der Waals surface area contributed by atoms with Gasteiger partial charge in [-0.15, -0.1) is 0 Å². The summed E-state index contributed by atoms with van der Waals surface area (Å²) in [6.07, 6.45) is 4.36. The van der Waals surface area contributed by atoms with Crippen LogP contribution in [-0.2, 0) is 4.74 Å². The molecule has 0 aromatic carbocycles. The van der Waals surface area contributed by atoms with Gasteiger partial charge in [-0.25, -0.2) is 0 Å². The van der Waals surface area contributed by atoms with Crippen molar-refractivity contribution in [3.8, 4) is 0 Å². The number of likely N-dealkylation sites (tertiary alicyclic amines) is 1. The largest absolute Gasteiger partial charge is 0.378 e. The fourth-order valence-electron chi connectivity index (χ4n) is 3.54. The van der Waals surface area contributed by atoms with Crippen LogP contribution in [0.25, 0.3) is 0 Å². The molecule has 2 aliphatic rings. The van der Waals surface area contributed by atoms with Gasteiger partial charge in [0.1, 0.15) is 0 Å². The van der Waals surface area contributed by atoms with E-state index in [0.717, 1.165) is 19.2 Å². The van der Waals surface area contributed by atoms with Gasteiger partial charge in [-0.3, -0.25) is 4.90 Å². The first-order chi connectivity index (χ1) is 8.59. The molecule has 1 saturated heterocycles. The molecule has 1 aliphatic carbocycles. The Bertz CT molecular complexity index is 267. The van der Waals surface area contributed by atoms with E-state index in [2.05, 4.69) is 37.9 Å². The molecule has 0 aromatic rings. The fraction of sp³-hybridized carbons (Fsp3) is 1.00. The summed E-state index contributed by atoms with van der Waals surface area (Å²) < 4.78 is 5.79. The van der Waals surface area contributed by atoms with E-state index in [-0.39, 0.29) is 0 Å². The van der Waals surface area contributed by atoms with Gasteiger partial charge in [0.25, 0.3) is 0 Å². The molecule has 3 unspecified atom stereocenters. The molecule has 0 radical (unpaired) electrons. The Labute approximate surface area is 112 Å². The van der Waals surface area contributed by atoms with E-state index in [1.807, 2.05) is 0 Å². The summed E-state index contributed by atoms with van der Waals surface area (Å²) >= 11 is 0. The summed E-state index contributed by atoms with van der Waals surface area (Å²) in [6.45, 7) is 13.5. The predicted octanol–water partition coefficient (Wildman–Crippen LogP) is 2.26. The minimum Gasteiger partial charge on any atom is -0.378 e. The van der Waals surface area contributed by atoms with Gasteiger partial charge in [-0.1, -0.05) is 20.8 Å². The summed E-state index contributed by atoms with van der Waals surface area (Å²) in [7, 11) is 0. The summed E-state index contributed by atoms with van der Waals surface area (Å²) in [5.41, 5.74) is 0.297. The quantitative estimate of drug-likeness (QED) is 0.787. The van der Waals surface area contributed by atoms with Crippen molar-refractivity contribution in [2.45, 2.75) is 65.1 Å². The van der Waals surface area contributed by atoms with Gasteiger partial charge in [0.05, 0.1) is 6.10 Å². The highest BCUT2D eigenvalue weighted by molar-refractivity contribution is 5.03. The average molecular weight is 254 g/mol. The molecule has 2 fully saturated rings. The zero-order valence-electron chi connectivity index (χ0n) is 12.5. The molecule has 1 aliphatic heterocycles. The van der Waals surface area contributed by atoms with Crippen LogP contribution >= 0.6 is 0 Å². The first kappa shape index (κ1) is 14.3. The molecule has 3 atom stereocenters. The van der Waals surface area contributed by atoms with Gasteiger partial charge < -0.3 is 10.1 Å². The summed E-state index contributed by atoms with van der Waals surface area (Å²) in [6, 6.07) is 1.39. The maximum Gasteiger partial charge on any atom is 0.0655 e. The highest BCUT2D eigenvalue weighted by atomic mass is 16.5. The van der Waals surface area contributed by atoms with Crippen LogP contribution in [0.2, 0.25) is 0 Å². The van der Waals surface area contributed by atoms with Crippen molar-refractivity contribution in [2.75, 3.05) is 26.2 Å². The van der Waals surface area contributed by atoms with Crippen molar-refractivity contribution in [3.05, 3.63) is 0 Å². The lowest BCUT2D eigenvalue weighted by Gasteiger charge is -2.52. The van der Waals surface area contributed by atoms with Crippen molar-refractivity contribution in [1.29, 1.82) is 0 Å². The fourth-order valence-corrected chi connectivity index (χ4v) is 3.54. The molecule has 18 heavy (non-hydrogen) atoms. The first-order valence-corrected chi connectivity index (χ1v) is 7.68. The number of hydrogen-bond donors (Lipinski definition) is 1. The normalized spacial score (nSPS) is 35.7. The molecular formula is C15H30N2O. The van der Waals surface area contributed by atoms with E-state index < -0.39 is 0 Å². The lowest BCUT2D eigenvalue weighted by Crippen LogP contribution is -2.62. The van der Waals surface area contributed by atoms with Crippen LogP contribution in [0.1, 0.15) is 47.0 Å². The van der Waals surface area contributed by atoms with Crippen molar-refractivity contribution in [1.82, 2.24) is 10.2 Å². The summed E-state index contributed by atoms with van der Waals surface area (Å²) in [5, 5.41) is 3.78. The lowest BCUT2D eigenvalue weighted by atomic mass is 9.64. The number of nitrogens with zero attached hydrogens (tertiary/aromatic N) is 1. The molecule has 1 heterocycles. The van der Waals surface area contributed by atoms with Crippen LogP contribution in [0, 0.1) is 5.41 Å². The zero-order valence-corrected chi connectivity index (χ0v) is 12.5. The van der Waals surface area contributed by atoms with Crippen molar-refractivity contribution >= 4 is 0 Å². The molecule has 2 rings (SSSR count). The predicted molar refractivity (Wildman–Crippen MR) is 75.9 cm³/mol. The van der Waals surface area contributed by atoms with Crippen molar-refractivity contribution in [2.24, 2.45) is 5.41 Å². The van der Waals surface area contributed by atoms with Gasteiger partial charge in [0, 0.05) is 30.7 Å². The number of likely N-dealkylation sites (N-methyl/N-ethyl adjacent to an activating group) is 1. The average Bonchev–Trinajstić information content (AvgIpc) is 2.80. The third-order valence-electron chi connectivity index (χ3n) is 5.05. The van der Waals surface area contributed by atoms with Crippen LogP contribution in [0.3, 0.4) is 0 Å². The second-order valence-electron chi connectivity index (χ2n) is 6.39. The van der Waals surface area contributed by atoms with Crippen LogP contribution in [0.5, 0.6) is 0 Å². The van der Waals surface area contributed by atoms with E-state index in [4.69, 9.17) is 4.74 Å². The third kappa shape index (κ3) is 2.73. The molecule has 0 bridgehead atoms. The first-order valence-electron chi connectivity index (χ1n) is 7.68. The van der Waals surface area contributed by atoms with Crippen LogP contribution < -0.4 is 5.32 Å². The van der Waals surface area contributed by atoms with Gasteiger partial charge in [-0.2, -0.15) is 0 Å². The lowest BCUT2D eigenvalue weighted by molar-refractivity contribution is -0.114. The molecule has 1 N–H and O–H groups in total. The highest BCUT2D eigenvalue weighted by Crippen LogP contribution is 2.42. The van der Waals surface area contributed by atoms with Gasteiger partial charge >= 0.3 is 0 Å². The van der Waals surface area contributed by atoms with Gasteiger partial charge in [0.2, 0.25) is 0 Å². The van der Waals surface area contributed by atoms with E-state index in [1.54, 1.807) is 0 Å². The van der Waals surface area contributed by atoms with Gasteiger partial charge in [0.15, 0.2) is 0 Å². The molecule has 3 nitrogen and oxygen atoms in total. The second kappa shape index (κ2) is 5.89. The second-order valence-corrected chi connectivity index (χ2v) is 6.39.